The van der Waals surface area contributed by atoms with Gasteiger partial charge in [-0.25, -0.2) is 0 Å². The molecule has 22 heavy (non-hydrogen) atoms. The number of aromatic amines is 1. The molecule has 0 radical (unpaired) electrons. The van der Waals surface area contributed by atoms with Crippen molar-refractivity contribution in [1.82, 2.24) is 5.16 Å². The van der Waals surface area contributed by atoms with Crippen LogP contribution in [0.4, 0.5) is 0 Å². The van der Waals surface area contributed by atoms with Crippen LogP contribution < -0.4 is 4.60 Å². The van der Waals surface area contributed by atoms with Gasteiger partial charge in [-0.15, -0.1) is 0 Å². The number of carbonyl (C=O) groups excluding carboxylic acids is 2. The molecule has 0 bridgehead atoms. The number of benzene rings is 2. The zero-order valence-electron chi connectivity index (χ0n) is 11.4. The Labute approximate surface area is 124 Å². The van der Waals surface area contributed by atoms with E-state index in [0.29, 0.717) is 11.1 Å². The molecule has 0 aliphatic rings. The second-order valence-electron chi connectivity index (χ2n) is 4.56. The number of rotatable bonds is 4. The number of ketones is 2. The van der Waals surface area contributed by atoms with Gasteiger partial charge in [-0.05, 0) is 4.91 Å². The van der Waals surface area contributed by atoms with Gasteiger partial charge in [0.2, 0.25) is 11.6 Å². The van der Waals surface area contributed by atoms with Gasteiger partial charge in [-0.2, -0.15) is 0 Å². The van der Waals surface area contributed by atoms with Gasteiger partial charge in [-0.3, -0.25) is 9.59 Å². The van der Waals surface area contributed by atoms with E-state index >= 15 is 0 Å². The molecular formula is C16H11N2O4+. The molecule has 2 aromatic carbocycles. The molecule has 1 N–H and O–H groups in total. The van der Waals surface area contributed by atoms with Crippen molar-refractivity contribution in [2.24, 2.45) is 0 Å². The van der Waals surface area contributed by atoms with Crippen LogP contribution in [0, 0.1) is 4.91 Å². The van der Waals surface area contributed by atoms with Crippen LogP contribution in [0.1, 0.15) is 32.1 Å². The molecule has 0 aliphatic heterocycles. The minimum Gasteiger partial charge on any atom is -0.284 e. The molecule has 1 heterocycles. The van der Waals surface area contributed by atoms with E-state index in [2.05, 4.69) is 9.79 Å². The zero-order chi connectivity index (χ0) is 15.5. The fraction of sp³-hybridized carbons (Fsp3) is 0. The maximum atomic E-state index is 12.4. The van der Waals surface area contributed by atoms with Crippen LogP contribution in [-0.4, -0.2) is 16.7 Å². The fourth-order valence-corrected chi connectivity index (χ4v) is 2.08. The summed E-state index contributed by atoms with van der Waals surface area (Å²) >= 11 is 0. The number of hydrogen-bond donors (Lipinski definition) is 1. The lowest BCUT2D eigenvalue weighted by Crippen LogP contribution is -2.24. The van der Waals surface area contributed by atoms with E-state index in [1.807, 2.05) is 0 Å². The molecule has 6 heteroatoms. The third-order valence-electron chi connectivity index (χ3n) is 3.16. The fourth-order valence-electron chi connectivity index (χ4n) is 2.08. The molecule has 0 aliphatic carbocycles. The summed E-state index contributed by atoms with van der Waals surface area (Å²) in [5.41, 5.74) is 0.112. The molecule has 3 rings (SSSR count). The SMILES string of the molecule is O=C(c1ccccc1)c1[nH]o[n+](=O)c1C(=O)c1ccccc1. The molecule has 0 amide bonds. The lowest BCUT2D eigenvalue weighted by molar-refractivity contribution is -0.714. The summed E-state index contributed by atoms with van der Waals surface area (Å²) in [5, 5.41) is 2.23. The van der Waals surface area contributed by atoms with Gasteiger partial charge in [0.15, 0.2) is 4.60 Å². The Balaban J connectivity index is 2.08. The second kappa shape index (κ2) is 5.61. The van der Waals surface area contributed by atoms with E-state index in [1.165, 1.54) is 0 Å². The highest BCUT2D eigenvalue weighted by Crippen LogP contribution is 2.13. The van der Waals surface area contributed by atoms with E-state index in [1.54, 1.807) is 60.7 Å². The molecule has 1 aromatic heterocycles. The lowest BCUT2D eigenvalue weighted by Gasteiger charge is -1.96. The van der Waals surface area contributed by atoms with Gasteiger partial charge >= 0.3 is 5.69 Å². The molecule has 0 atom stereocenters. The van der Waals surface area contributed by atoms with Crippen LogP contribution in [0.5, 0.6) is 0 Å². The Morgan fingerprint density at radius 3 is 1.86 bits per heavy atom. The Morgan fingerprint density at radius 1 is 0.818 bits per heavy atom. The second-order valence-corrected chi connectivity index (χ2v) is 4.56. The largest absolute Gasteiger partial charge is 0.323 e. The first-order chi connectivity index (χ1) is 10.7. The molecular weight excluding hydrogens is 284 g/mol. The third kappa shape index (κ3) is 2.37. The predicted octanol–water partition coefficient (Wildman–Crippen LogP) is 1.98. The molecule has 6 nitrogen and oxygen atoms in total. The predicted molar refractivity (Wildman–Crippen MR) is 76.2 cm³/mol. The van der Waals surface area contributed by atoms with E-state index in [-0.39, 0.29) is 16.0 Å². The van der Waals surface area contributed by atoms with Gasteiger partial charge in [0, 0.05) is 11.1 Å². The first-order valence-electron chi connectivity index (χ1n) is 6.52. The summed E-state index contributed by atoms with van der Waals surface area (Å²) in [4.78, 5) is 36.6. The molecule has 0 saturated carbocycles. The quantitative estimate of drug-likeness (QED) is 0.746. The Hall–Kier alpha value is -3.28. The minimum atomic E-state index is -0.583. The smallest absolute Gasteiger partial charge is 0.284 e. The molecule has 0 saturated heterocycles. The number of aromatic nitrogens is 2. The highest BCUT2D eigenvalue weighted by atomic mass is 16.7. The molecule has 108 valence electrons. The van der Waals surface area contributed by atoms with Crippen LogP contribution >= 0.6 is 0 Å². The summed E-state index contributed by atoms with van der Waals surface area (Å²) in [6.45, 7) is 0. The van der Waals surface area contributed by atoms with Crippen LogP contribution in [0.25, 0.3) is 0 Å². The van der Waals surface area contributed by atoms with Crippen molar-refractivity contribution in [1.29, 1.82) is 0 Å². The van der Waals surface area contributed by atoms with Crippen molar-refractivity contribution in [3.8, 4) is 0 Å². The van der Waals surface area contributed by atoms with Crippen molar-refractivity contribution < 1.29 is 18.8 Å². The molecule has 0 unspecified atom stereocenters. The van der Waals surface area contributed by atoms with Gasteiger partial charge in [0.1, 0.15) is 0 Å². The highest BCUT2D eigenvalue weighted by molar-refractivity contribution is 6.16. The number of nitrogens with zero attached hydrogens (tertiary/aromatic N) is 1. The van der Waals surface area contributed by atoms with Crippen LogP contribution in [0.2, 0.25) is 0 Å². The number of hydrogen-bond acceptors (Lipinski definition) is 4. The van der Waals surface area contributed by atoms with Crippen molar-refractivity contribution in [3.05, 3.63) is 88.1 Å². The lowest BCUT2D eigenvalue weighted by atomic mass is 10.0. The van der Waals surface area contributed by atoms with Gasteiger partial charge in [0.25, 0.3) is 5.69 Å². The third-order valence-corrected chi connectivity index (χ3v) is 3.16. The van der Waals surface area contributed by atoms with Crippen molar-refractivity contribution >= 4 is 11.6 Å². The van der Waals surface area contributed by atoms with Gasteiger partial charge in [0.05, 0.1) is 0 Å². The normalized spacial score (nSPS) is 10.4. The van der Waals surface area contributed by atoms with Crippen LogP contribution in [-0.2, 0) is 0 Å². The van der Waals surface area contributed by atoms with E-state index in [9.17, 15) is 14.5 Å². The first-order valence-corrected chi connectivity index (χ1v) is 6.52. The average Bonchev–Trinajstić information content (AvgIpc) is 2.96. The summed E-state index contributed by atoms with van der Waals surface area (Å²) in [5.74, 6) is -1.07. The summed E-state index contributed by atoms with van der Waals surface area (Å²) in [6, 6.07) is 16.5. The molecule has 0 spiro atoms. The number of carbonyl (C=O) groups is 2. The van der Waals surface area contributed by atoms with E-state index in [0.717, 1.165) is 0 Å². The van der Waals surface area contributed by atoms with E-state index in [4.69, 9.17) is 0 Å². The van der Waals surface area contributed by atoms with Crippen LogP contribution in [0.15, 0.2) is 65.3 Å². The first kappa shape index (κ1) is 13.7. The van der Waals surface area contributed by atoms with Crippen LogP contribution in [0.3, 0.4) is 0 Å². The summed E-state index contributed by atoms with van der Waals surface area (Å²) in [7, 11) is 0. The van der Waals surface area contributed by atoms with E-state index < -0.39 is 11.6 Å². The minimum absolute atomic E-state index is 0.0194. The Bertz CT molecular complexity index is 879. The number of nitrogens with one attached hydrogen (secondary N) is 1. The molecule has 3 aromatic rings. The number of H-pyrrole nitrogens is 1. The maximum Gasteiger partial charge on any atom is 0.323 e. The Kier molecular flexibility index (Phi) is 3.49. The summed E-state index contributed by atoms with van der Waals surface area (Å²) in [6.07, 6.45) is 0. The van der Waals surface area contributed by atoms with Crippen molar-refractivity contribution in [3.63, 3.8) is 0 Å². The zero-order valence-corrected chi connectivity index (χ0v) is 11.4. The van der Waals surface area contributed by atoms with Crippen molar-refractivity contribution in [2.45, 2.75) is 0 Å². The molecule has 0 fully saturated rings. The van der Waals surface area contributed by atoms with Gasteiger partial charge < -0.3 is 0 Å². The Morgan fingerprint density at radius 2 is 1.32 bits per heavy atom. The summed E-state index contributed by atoms with van der Waals surface area (Å²) < 4.78 is 4.59. The van der Waals surface area contributed by atoms with Gasteiger partial charge in [-0.1, -0.05) is 70.4 Å². The van der Waals surface area contributed by atoms with Crippen molar-refractivity contribution in [2.75, 3.05) is 0 Å². The highest BCUT2D eigenvalue weighted by Gasteiger charge is 2.33. The maximum absolute atomic E-state index is 12.4. The standard InChI is InChI=1S/C16H10N2O4/c19-15(11-7-3-1-4-8-11)13-14(18(21)22-17-13)16(20)12-9-5-2-6-10-12/h1-10H/p+1. The topological polar surface area (TPSA) is 86.0 Å². The average molecular weight is 295 g/mol. The monoisotopic (exact) mass is 295 g/mol.